The fourth-order valence-corrected chi connectivity index (χ4v) is 4.42. The van der Waals surface area contributed by atoms with Gasteiger partial charge in [-0.3, -0.25) is 19.4 Å². The maximum atomic E-state index is 13.0. The Morgan fingerprint density at radius 1 is 0.853 bits per heavy atom. The summed E-state index contributed by atoms with van der Waals surface area (Å²) in [6.07, 6.45) is 0. The summed E-state index contributed by atoms with van der Waals surface area (Å²) in [7, 11) is 0. The third kappa shape index (κ3) is 7.14. The van der Waals surface area contributed by atoms with Gasteiger partial charge in [-0.05, 0) is 23.3 Å². The van der Waals surface area contributed by atoms with Crippen molar-refractivity contribution < 1.29 is 14.0 Å². The van der Waals surface area contributed by atoms with Crippen LogP contribution in [0.1, 0.15) is 25.9 Å². The minimum atomic E-state index is -0.309. The average molecular weight is 483 g/mol. The first-order valence-electron chi connectivity index (χ1n) is 11.2. The van der Waals surface area contributed by atoms with E-state index in [9.17, 15) is 14.0 Å². The molecule has 178 valence electrons. The fraction of sp³-hybridized carbons (Fsp3) is 0.333. The van der Waals surface area contributed by atoms with Gasteiger partial charge < -0.3 is 10.6 Å². The zero-order valence-corrected chi connectivity index (χ0v) is 19.6. The van der Waals surface area contributed by atoms with Crippen LogP contribution >= 0.6 is 11.3 Å². The molecular weight excluding hydrogens is 455 g/mol. The lowest BCUT2D eigenvalue weighted by molar-refractivity contribution is -0.122. The minimum absolute atomic E-state index is 0.0257. The largest absolute Gasteiger partial charge is 0.351 e. The zero-order valence-electron chi connectivity index (χ0n) is 18.7. The third-order valence-electron chi connectivity index (χ3n) is 5.55. The van der Waals surface area contributed by atoms with Crippen molar-refractivity contribution in [3.05, 3.63) is 81.6 Å². The van der Waals surface area contributed by atoms with E-state index >= 15 is 0 Å². The van der Waals surface area contributed by atoms with Crippen molar-refractivity contribution in [2.45, 2.75) is 19.6 Å². The zero-order chi connectivity index (χ0) is 23.8. The molecule has 2 N–H and O–H groups in total. The van der Waals surface area contributed by atoms with E-state index in [1.54, 1.807) is 12.1 Å². The number of nitrogens with one attached hydrogen (secondary N) is 2. The van der Waals surface area contributed by atoms with Gasteiger partial charge in [-0.2, -0.15) is 0 Å². The summed E-state index contributed by atoms with van der Waals surface area (Å²) >= 11 is 1.27. The Hall–Kier alpha value is -3.21. The molecular formula is C24H27FN6O2S. The first-order valence-corrected chi connectivity index (χ1v) is 12.0. The summed E-state index contributed by atoms with van der Waals surface area (Å²) in [5.41, 5.74) is 1.90. The molecule has 1 aliphatic heterocycles. The molecule has 3 aromatic rings. The molecule has 2 aromatic carbocycles. The van der Waals surface area contributed by atoms with Crippen LogP contribution < -0.4 is 10.6 Å². The number of halogens is 1. The van der Waals surface area contributed by atoms with E-state index in [0.29, 0.717) is 31.2 Å². The van der Waals surface area contributed by atoms with Crippen LogP contribution in [0.3, 0.4) is 0 Å². The number of carbonyl (C=O) groups excluding carboxylic acids is 2. The Morgan fingerprint density at radius 3 is 2.24 bits per heavy atom. The topological polar surface area (TPSA) is 90.5 Å². The molecule has 10 heteroatoms. The average Bonchev–Trinajstić information content (AvgIpc) is 3.33. The maximum absolute atomic E-state index is 13.0. The lowest BCUT2D eigenvalue weighted by atomic mass is 10.2. The number of hydrogen-bond acceptors (Lipinski definition) is 7. The van der Waals surface area contributed by atoms with Crippen LogP contribution in [0.15, 0.2) is 54.6 Å². The van der Waals surface area contributed by atoms with Crippen molar-refractivity contribution in [2.24, 2.45) is 0 Å². The summed E-state index contributed by atoms with van der Waals surface area (Å²) in [6, 6.07) is 15.9. The second-order valence-corrected chi connectivity index (χ2v) is 9.19. The smallest absolute Gasteiger partial charge is 0.282 e. The molecule has 8 nitrogen and oxygen atoms in total. The van der Waals surface area contributed by atoms with Crippen molar-refractivity contribution >= 4 is 23.2 Å². The fourth-order valence-electron chi connectivity index (χ4n) is 3.62. The predicted molar refractivity (Wildman–Crippen MR) is 127 cm³/mol. The van der Waals surface area contributed by atoms with Crippen molar-refractivity contribution in [1.29, 1.82) is 0 Å². The number of benzene rings is 2. The van der Waals surface area contributed by atoms with Crippen LogP contribution in [0.25, 0.3) is 0 Å². The molecule has 1 fully saturated rings. The van der Waals surface area contributed by atoms with E-state index in [2.05, 4.69) is 30.6 Å². The number of carbonyl (C=O) groups is 2. The predicted octanol–water partition coefficient (Wildman–Crippen LogP) is 2.04. The van der Waals surface area contributed by atoms with E-state index in [4.69, 9.17) is 0 Å². The summed E-state index contributed by atoms with van der Waals surface area (Å²) in [6.45, 7) is 5.07. The number of nitrogens with zero attached hydrogens (tertiary/aromatic N) is 4. The van der Waals surface area contributed by atoms with Gasteiger partial charge in [-0.25, -0.2) is 4.39 Å². The van der Waals surface area contributed by atoms with Crippen LogP contribution in [-0.2, 0) is 24.4 Å². The number of piperazine rings is 1. The lowest BCUT2D eigenvalue weighted by Gasteiger charge is -2.33. The Kier molecular flexibility index (Phi) is 8.29. The highest BCUT2D eigenvalue weighted by atomic mass is 32.1. The van der Waals surface area contributed by atoms with Gasteiger partial charge in [-0.1, -0.05) is 53.8 Å². The molecule has 0 unspecified atom stereocenters. The van der Waals surface area contributed by atoms with Crippen molar-refractivity contribution in [3.63, 3.8) is 0 Å². The Labute approximate surface area is 201 Å². The van der Waals surface area contributed by atoms with E-state index in [1.807, 2.05) is 30.3 Å². The Morgan fingerprint density at radius 2 is 1.50 bits per heavy atom. The molecule has 2 amide bonds. The highest BCUT2D eigenvalue weighted by Gasteiger charge is 2.21. The normalized spacial score (nSPS) is 14.6. The first kappa shape index (κ1) is 23.9. The molecule has 0 aliphatic carbocycles. The second kappa shape index (κ2) is 11.8. The van der Waals surface area contributed by atoms with Crippen LogP contribution in [0.5, 0.6) is 0 Å². The van der Waals surface area contributed by atoms with Crippen molar-refractivity contribution in [1.82, 2.24) is 30.6 Å². The SMILES string of the molecule is O=C(CN1CCN(Cc2nnc(C(=O)NCc3ccc(F)cc3)s2)CC1)NCc1ccccc1. The van der Waals surface area contributed by atoms with Gasteiger partial charge in [0.15, 0.2) is 0 Å². The number of rotatable bonds is 9. The molecule has 34 heavy (non-hydrogen) atoms. The van der Waals surface area contributed by atoms with Gasteiger partial charge in [-0.15, -0.1) is 10.2 Å². The van der Waals surface area contributed by atoms with Crippen LogP contribution in [0, 0.1) is 5.82 Å². The van der Waals surface area contributed by atoms with Gasteiger partial charge >= 0.3 is 0 Å². The van der Waals surface area contributed by atoms with Gasteiger partial charge in [0, 0.05) is 39.3 Å². The molecule has 0 spiro atoms. The summed E-state index contributed by atoms with van der Waals surface area (Å²) in [4.78, 5) is 29.0. The minimum Gasteiger partial charge on any atom is -0.351 e. The van der Waals surface area contributed by atoms with Gasteiger partial charge in [0.1, 0.15) is 10.8 Å². The van der Waals surface area contributed by atoms with Gasteiger partial charge in [0.25, 0.3) is 5.91 Å². The second-order valence-electron chi connectivity index (χ2n) is 8.12. The van der Waals surface area contributed by atoms with Crippen molar-refractivity contribution in [2.75, 3.05) is 32.7 Å². The molecule has 1 saturated heterocycles. The molecule has 2 heterocycles. The Balaban J connectivity index is 1.16. The van der Waals surface area contributed by atoms with Crippen LogP contribution in [-0.4, -0.2) is 64.5 Å². The number of hydrogen-bond donors (Lipinski definition) is 2. The molecule has 0 radical (unpaired) electrons. The third-order valence-corrected chi connectivity index (χ3v) is 6.46. The molecule has 0 saturated carbocycles. The summed E-state index contributed by atoms with van der Waals surface area (Å²) in [5.74, 6) is -0.576. The van der Waals surface area contributed by atoms with E-state index in [-0.39, 0.29) is 17.6 Å². The standard InChI is InChI=1S/C24H27FN6O2S/c25-20-8-6-19(7-9-20)15-27-23(33)24-29-28-22(34-24)17-31-12-10-30(11-13-31)16-21(32)26-14-18-4-2-1-3-5-18/h1-9H,10-17H2,(H,26,32)(H,27,33). The maximum Gasteiger partial charge on any atom is 0.282 e. The monoisotopic (exact) mass is 482 g/mol. The molecule has 0 atom stereocenters. The summed E-state index contributed by atoms with van der Waals surface area (Å²) in [5, 5.41) is 15.0. The van der Waals surface area contributed by atoms with E-state index in [0.717, 1.165) is 42.3 Å². The summed E-state index contributed by atoms with van der Waals surface area (Å²) < 4.78 is 13.0. The Bertz CT molecular complexity index is 1080. The number of aromatic nitrogens is 2. The molecule has 0 bridgehead atoms. The first-order chi connectivity index (χ1) is 16.5. The van der Waals surface area contributed by atoms with Crippen LogP contribution in [0.2, 0.25) is 0 Å². The van der Waals surface area contributed by atoms with Crippen molar-refractivity contribution in [3.8, 4) is 0 Å². The van der Waals surface area contributed by atoms with E-state index < -0.39 is 0 Å². The van der Waals surface area contributed by atoms with Gasteiger partial charge in [0.2, 0.25) is 10.9 Å². The highest BCUT2D eigenvalue weighted by Crippen LogP contribution is 2.14. The molecule has 1 aromatic heterocycles. The quantitative estimate of drug-likeness (QED) is 0.485. The highest BCUT2D eigenvalue weighted by molar-refractivity contribution is 7.13. The molecule has 4 rings (SSSR count). The van der Waals surface area contributed by atoms with E-state index in [1.165, 1.54) is 23.5 Å². The molecule has 1 aliphatic rings. The lowest BCUT2D eigenvalue weighted by Crippen LogP contribution is -2.49. The van der Waals surface area contributed by atoms with Gasteiger partial charge in [0.05, 0.1) is 13.1 Å². The van der Waals surface area contributed by atoms with Crippen LogP contribution in [0.4, 0.5) is 4.39 Å². The number of amides is 2.